The van der Waals surface area contributed by atoms with Crippen molar-refractivity contribution in [2.45, 2.75) is 6.18 Å². The predicted molar refractivity (Wildman–Crippen MR) is 65.8 cm³/mol. The second-order valence-electron chi connectivity index (χ2n) is 3.66. The monoisotopic (exact) mass is 333 g/mol. The lowest BCUT2D eigenvalue weighted by molar-refractivity contribution is -0.141. The molecule has 0 aliphatic carbocycles. The van der Waals surface area contributed by atoms with Crippen molar-refractivity contribution in [2.75, 3.05) is 7.11 Å². The van der Waals surface area contributed by atoms with Crippen molar-refractivity contribution >= 4 is 32.8 Å². The number of rotatable bonds is 1. The van der Waals surface area contributed by atoms with Gasteiger partial charge in [-0.2, -0.15) is 13.2 Å². The van der Waals surface area contributed by atoms with Crippen molar-refractivity contribution in [1.82, 2.24) is 4.98 Å². The zero-order valence-corrected chi connectivity index (χ0v) is 11.2. The molecule has 1 aromatic heterocycles. The van der Waals surface area contributed by atoms with E-state index in [1.165, 1.54) is 6.07 Å². The van der Waals surface area contributed by atoms with E-state index in [4.69, 9.17) is 0 Å². The molecule has 3 nitrogen and oxygen atoms in total. The van der Waals surface area contributed by atoms with E-state index in [9.17, 15) is 18.0 Å². The van der Waals surface area contributed by atoms with Crippen molar-refractivity contribution < 1.29 is 22.7 Å². The van der Waals surface area contributed by atoms with Crippen LogP contribution in [-0.2, 0) is 10.9 Å². The summed E-state index contributed by atoms with van der Waals surface area (Å²) >= 11 is 3.03. The van der Waals surface area contributed by atoms with E-state index in [0.29, 0.717) is 5.39 Å². The van der Waals surface area contributed by atoms with Gasteiger partial charge in [0.05, 0.1) is 12.6 Å². The van der Waals surface area contributed by atoms with Gasteiger partial charge in [-0.25, -0.2) is 9.78 Å². The maximum Gasteiger partial charge on any atom is 0.434 e. The Morgan fingerprint density at radius 2 is 1.95 bits per heavy atom. The second-order valence-corrected chi connectivity index (χ2v) is 4.45. The molecule has 0 saturated carbocycles. The highest BCUT2D eigenvalue weighted by atomic mass is 79.9. The Bertz CT molecular complexity index is 655. The van der Waals surface area contributed by atoms with E-state index in [0.717, 1.165) is 7.11 Å². The molecule has 2 aromatic rings. The summed E-state index contributed by atoms with van der Waals surface area (Å²) in [5.41, 5.74) is -1.73. The number of nitrogens with zero attached hydrogens (tertiary/aromatic N) is 1. The van der Waals surface area contributed by atoms with E-state index < -0.39 is 23.4 Å². The van der Waals surface area contributed by atoms with E-state index in [2.05, 4.69) is 25.7 Å². The summed E-state index contributed by atoms with van der Waals surface area (Å²) in [4.78, 5) is 15.1. The highest BCUT2D eigenvalue weighted by molar-refractivity contribution is 9.10. The molecule has 0 N–H and O–H groups in total. The van der Waals surface area contributed by atoms with Crippen LogP contribution in [0, 0.1) is 0 Å². The fourth-order valence-corrected chi connectivity index (χ4v) is 2.35. The number of methoxy groups -OCH3 is 1. The number of esters is 1. The maximum absolute atomic E-state index is 13.0. The number of aromatic nitrogens is 1. The number of fused-ring (bicyclic) bond motifs is 1. The largest absolute Gasteiger partial charge is 0.465 e. The lowest BCUT2D eigenvalue weighted by Gasteiger charge is -2.14. The molecule has 0 amide bonds. The van der Waals surface area contributed by atoms with Crippen LogP contribution in [0.4, 0.5) is 13.2 Å². The molecule has 0 fully saturated rings. The van der Waals surface area contributed by atoms with Crippen molar-refractivity contribution in [1.29, 1.82) is 0 Å². The van der Waals surface area contributed by atoms with Gasteiger partial charge in [0, 0.05) is 9.86 Å². The van der Waals surface area contributed by atoms with Gasteiger partial charge >= 0.3 is 12.1 Å². The van der Waals surface area contributed by atoms with E-state index in [1.54, 1.807) is 18.2 Å². The number of ether oxygens (including phenoxy) is 1. The number of pyridine rings is 1. The molecule has 100 valence electrons. The van der Waals surface area contributed by atoms with Crippen LogP contribution in [0.15, 0.2) is 28.7 Å². The van der Waals surface area contributed by atoms with Gasteiger partial charge in [0.15, 0.2) is 5.69 Å². The molecule has 0 bridgehead atoms. The lowest BCUT2D eigenvalue weighted by atomic mass is 10.1. The number of hydrogen-bond donors (Lipinski definition) is 0. The van der Waals surface area contributed by atoms with Gasteiger partial charge in [-0.3, -0.25) is 0 Å². The Morgan fingerprint density at radius 3 is 2.53 bits per heavy atom. The first kappa shape index (κ1) is 13.8. The van der Waals surface area contributed by atoms with Gasteiger partial charge < -0.3 is 4.74 Å². The van der Waals surface area contributed by atoms with E-state index >= 15 is 0 Å². The first-order valence-corrected chi connectivity index (χ1v) is 5.89. The van der Waals surface area contributed by atoms with Crippen LogP contribution in [-0.4, -0.2) is 18.1 Å². The van der Waals surface area contributed by atoms with Gasteiger partial charge in [-0.1, -0.05) is 18.2 Å². The number of alkyl halides is 3. The minimum Gasteiger partial charge on any atom is -0.465 e. The van der Waals surface area contributed by atoms with Crippen LogP contribution in [0.3, 0.4) is 0 Å². The number of carbonyl (C=O) groups excluding carboxylic acids is 1. The Balaban J connectivity index is 2.89. The molecule has 0 spiro atoms. The summed E-state index contributed by atoms with van der Waals surface area (Å²) in [5.74, 6) is -1.09. The molecule has 2 rings (SSSR count). The topological polar surface area (TPSA) is 39.2 Å². The Labute approximate surface area is 114 Å². The number of hydrogen-bond acceptors (Lipinski definition) is 3. The van der Waals surface area contributed by atoms with Crippen molar-refractivity contribution in [2.24, 2.45) is 0 Å². The number of halogens is 4. The van der Waals surface area contributed by atoms with Crippen LogP contribution in [0.1, 0.15) is 16.1 Å². The lowest BCUT2D eigenvalue weighted by Crippen LogP contribution is -2.17. The average molecular weight is 334 g/mol. The summed E-state index contributed by atoms with van der Waals surface area (Å²) in [6.45, 7) is 0. The maximum atomic E-state index is 13.0. The van der Waals surface area contributed by atoms with Gasteiger partial charge in [-0.05, 0) is 22.0 Å². The molecule has 0 radical (unpaired) electrons. The molecular weight excluding hydrogens is 327 g/mol. The Morgan fingerprint density at radius 1 is 1.32 bits per heavy atom. The van der Waals surface area contributed by atoms with Gasteiger partial charge in [0.1, 0.15) is 5.56 Å². The average Bonchev–Trinajstić information content (AvgIpc) is 2.37. The number of para-hydroxylation sites is 1. The van der Waals surface area contributed by atoms with Crippen molar-refractivity contribution in [3.05, 3.63) is 40.0 Å². The van der Waals surface area contributed by atoms with Crippen LogP contribution in [0.25, 0.3) is 10.9 Å². The van der Waals surface area contributed by atoms with E-state index in [1.807, 2.05) is 0 Å². The molecule has 1 heterocycles. The smallest absolute Gasteiger partial charge is 0.434 e. The normalized spacial score (nSPS) is 11.6. The fraction of sp³-hybridized carbons (Fsp3) is 0.167. The minimum absolute atomic E-state index is 0.0253. The summed E-state index contributed by atoms with van der Waals surface area (Å²) in [6.07, 6.45) is -4.74. The quantitative estimate of drug-likeness (QED) is 0.745. The molecular formula is C12H7BrF3NO2. The molecule has 0 aliphatic rings. The summed E-state index contributed by atoms with van der Waals surface area (Å²) in [7, 11) is 1.02. The molecule has 0 saturated heterocycles. The van der Waals surface area contributed by atoms with Gasteiger partial charge in [-0.15, -0.1) is 0 Å². The standard InChI is InChI=1S/C12H7BrF3NO2/c1-19-11(18)8-9(13)6-4-2-3-5-7(6)17-10(8)12(14,15)16/h2-5H,1H3. The van der Waals surface area contributed by atoms with E-state index in [-0.39, 0.29) is 9.99 Å². The first-order valence-electron chi connectivity index (χ1n) is 5.10. The molecule has 0 aliphatic heterocycles. The summed E-state index contributed by atoms with van der Waals surface area (Å²) in [5, 5.41) is 0.413. The van der Waals surface area contributed by atoms with Crippen LogP contribution in [0.2, 0.25) is 0 Å². The zero-order chi connectivity index (χ0) is 14.2. The van der Waals surface area contributed by atoms with Crippen LogP contribution in [0.5, 0.6) is 0 Å². The molecule has 0 atom stereocenters. The molecule has 19 heavy (non-hydrogen) atoms. The summed E-state index contributed by atoms with van der Waals surface area (Å²) in [6, 6.07) is 6.22. The third-order valence-corrected chi connectivity index (χ3v) is 3.31. The number of carbonyl (C=O) groups is 1. The zero-order valence-electron chi connectivity index (χ0n) is 9.58. The fourth-order valence-electron chi connectivity index (χ4n) is 1.67. The summed E-state index contributed by atoms with van der Waals surface area (Å²) < 4.78 is 43.3. The Hall–Kier alpha value is -1.63. The highest BCUT2D eigenvalue weighted by Gasteiger charge is 2.39. The Kier molecular flexibility index (Phi) is 3.49. The number of benzene rings is 1. The van der Waals surface area contributed by atoms with Crippen LogP contribution >= 0.6 is 15.9 Å². The highest BCUT2D eigenvalue weighted by Crippen LogP contribution is 2.37. The van der Waals surface area contributed by atoms with Crippen molar-refractivity contribution in [3.8, 4) is 0 Å². The van der Waals surface area contributed by atoms with Crippen molar-refractivity contribution in [3.63, 3.8) is 0 Å². The third kappa shape index (κ3) is 2.42. The first-order chi connectivity index (χ1) is 8.86. The molecule has 1 aromatic carbocycles. The molecule has 7 heteroatoms. The predicted octanol–water partition coefficient (Wildman–Crippen LogP) is 3.80. The molecule has 0 unspecified atom stereocenters. The van der Waals surface area contributed by atoms with Gasteiger partial charge in [0.25, 0.3) is 0 Å². The second kappa shape index (κ2) is 4.80. The minimum atomic E-state index is -4.74. The van der Waals surface area contributed by atoms with Crippen LogP contribution < -0.4 is 0 Å². The SMILES string of the molecule is COC(=O)c1c(C(F)(F)F)nc2ccccc2c1Br. The van der Waals surface area contributed by atoms with Gasteiger partial charge in [0.2, 0.25) is 0 Å². The third-order valence-electron chi connectivity index (χ3n) is 2.49.